The molecular weight excluding hydrogens is 216 g/mol. The predicted molar refractivity (Wildman–Crippen MR) is 67.7 cm³/mol. The van der Waals surface area contributed by atoms with E-state index in [-0.39, 0.29) is 11.3 Å². The first-order chi connectivity index (χ1) is 7.57. The van der Waals surface area contributed by atoms with Gasteiger partial charge in [-0.3, -0.25) is 4.79 Å². The number of aliphatic carboxylic acids is 1. The van der Waals surface area contributed by atoms with E-state index < -0.39 is 17.5 Å². The van der Waals surface area contributed by atoms with Gasteiger partial charge in [-0.05, 0) is 36.5 Å². The Labute approximate surface area is 104 Å². The summed E-state index contributed by atoms with van der Waals surface area (Å²) in [7, 11) is 0. The molecule has 17 heavy (non-hydrogen) atoms. The van der Waals surface area contributed by atoms with Gasteiger partial charge in [0.1, 0.15) is 0 Å². The highest BCUT2D eigenvalue weighted by Gasteiger charge is 2.50. The number of carboxylic acids is 1. The molecule has 0 heterocycles. The number of hydrogen-bond donors (Lipinski definition) is 2. The Bertz CT molecular complexity index is 296. The summed E-state index contributed by atoms with van der Waals surface area (Å²) in [5, 5.41) is 20.2. The molecule has 3 nitrogen and oxygen atoms in total. The molecule has 3 unspecified atom stereocenters. The fraction of sp³-hybridized carbons (Fsp3) is 0.929. The van der Waals surface area contributed by atoms with Crippen LogP contribution in [0.2, 0.25) is 0 Å². The summed E-state index contributed by atoms with van der Waals surface area (Å²) in [4.78, 5) is 11.4. The molecule has 100 valence electrons. The van der Waals surface area contributed by atoms with Crippen molar-refractivity contribution in [3.8, 4) is 0 Å². The van der Waals surface area contributed by atoms with Gasteiger partial charge in [-0.25, -0.2) is 0 Å². The lowest BCUT2D eigenvalue weighted by Gasteiger charge is -2.48. The number of hydrogen-bond acceptors (Lipinski definition) is 2. The standard InChI is InChI=1S/C14H26O3/c1-9(2)11(12(15)16)14(17)7-10(3)6-13(4,5)8-14/h9-11,17H,6-8H2,1-5H3,(H,15,16). The third-order valence-corrected chi connectivity index (χ3v) is 3.90. The van der Waals surface area contributed by atoms with Gasteiger partial charge < -0.3 is 10.2 Å². The largest absolute Gasteiger partial charge is 0.481 e. The molecule has 0 aromatic heterocycles. The van der Waals surface area contributed by atoms with Crippen LogP contribution in [0.15, 0.2) is 0 Å². The van der Waals surface area contributed by atoms with Gasteiger partial charge in [0.25, 0.3) is 0 Å². The van der Waals surface area contributed by atoms with Gasteiger partial charge in [-0.2, -0.15) is 0 Å². The molecule has 2 N–H and O–H groups in total. The Morgan fingerprint density at radius 3 is 2.18 bits per heavy atom. The summed E-state index contributed by atoms with van der Waals surface area (Å²) in [6.45, 7) is 10.1. The van der Waals surface area contributed by atoms with E-state index in [1.165, 1.54) is 0 Å². The fourth-order valence-corrected chi connectivity index (χ4v) is 3.96. The normalized spacial score (nSPS) is 34.6. The molecule has 0 aromatic rings. The highest BCUT2D eigenvalue weighted by molar-refractivity contribution is 5.72. The van der Waals surface area contributed by atoms with E-state index in [4.69, 9.17) is 0 Å². The highest BCUT2D eigenvalue weighted by Crippen LogP contribution is 2.48. The van der Waals surface area contributed by atoms with E-state index in [2.05, 4.69) is 20.8 Å². The minimum absolute atomic E-state index is 0.0228. The van der Waals surface area contributed by atoms with Gasteiger partial charge in [0, 0.05) is 0 Å². The molecule has 1 aliphatic carbocycles. The van der Waals surface area contributed by atoms with Crippen LogP contribution in [-0.2, 0) is 4.79 Å². The van der Waals surface area contributed by atoms with E-state index in [1.807, 2.05) is 13.8 Å². The van der Waals surface area contributed by atoms with Gasteiger partial charge in [-0.1, -0.05) is 34.6 Å². The molecule has 0 bridgehead atoms. The third kappa shape index (κ3) is 3.21. The van der Waals surface area contributed by atoms with Crippen LogP contribution >= 0.6 is 0 Å². The van der Waals surface area contributed by atoms with Crippen LogP contribution in [0, 0.1) is 23.2 Å². The molecular formula is C14H26O3. The average molecular weight is 242 g/mol. The maximum absolute atomic E-state index is 11.4. The molecule has 3 heteroatoms. The lowest BCUT2D eigenvalue weighted by atomic mass is 9.60. The maximum atomic E-state index is 11.4. The Balaban J connectivity index is 3.02. The lowest BCUT2D eigenvalue weighted by molar-refractivity contribution is -0.166. The van der Waals surface area contributed by atoms with E-state index >= 15 is 0 Å². The fourth-order valence-electron chi connectivity index (χ4n) is 3.96. The first-order valence-corrected chi connectivity index (χ1v) is 6.52. The number of aliphatic hydroxyl groups is 1. The van der Waals surface area contributed by atoms with Crippen molar-refractivity contribution in [2.24, 2.45) is 23.2 Å². The first-order valence-electron chi connectivity index (χ1n) is 6.52. The molecule has 0 saturated heterocycles. The van der Waals surface area contributed by atoms with Gasteiger partial charge in [-0.15, -0.1) is 0 Å². The number of carboxylic acid groups (broad SMARTS) is 1. The summed E-state index contributed by atoms with van der Waals surface area (Å²) >= 11 is 0. The lowest BCUT2D eigenvalue weighted by Crippen LogP contribution is -2.52. The second-order valence-corrected chi connectivity index (χ2v) is 7.02. The third-order valence-electron chi connectivity index (χ3n) is 3.90. The molecule has 0 radical (unpaired) electrons. The Morgan fingerprint density at radius 2 is 1.82 bits per heavy atom. The number of carbonyl (C=O) groups is 1. The van der Waals surface area contributed by atoms with Crippen LogP contribution in [0.5, 0.6) is 0 Å². The van der Waals surface area contributed by atoms with Crippen LogP contribution < -0.4 is 0 Å². The Kier molecular flexibility index (Phi) is 3.92. The smallest absolute Gasteiger partial charge is 0.309 e. The quantitative estimate of drug-likeness (QED) is 0.800. The van der Waals surface area contributed by atoms with E-state index in [9.17, 15) is 15.0 Å². The van der Waals surface area contributed by atoms with Crippen LogP contribution in [0.1, 0.15) is 53.9 Å². The van der Waals surface area contributed by atoms with Crippen molar-refractivity contribution in [3.63, 3.8) is 0 Å². The second-order valence-electron chi connectivity index (χ2n) is 7.02. The Hall–Kier alpha value is -0.570. The van der Waals surface area contributed by atoms with Crippen LogP contribution in [0.4, 0.5) is 0 Å². The molecule has 1 saturated carbocycles. The summed E-state index contributed by atoms with van der Waals surface area (Å²) in [6.07, 6.45) is 2.24. The van der Waals surface area contributed by atoms with Crippen LogP contribution in [0.25, 0.3) is 0 Å². The van der Waals surface area contributed by atoms with E-state index in [0.717, 1.165) is 6.42 Å². The Morgan fingerprint density at radius 1 is 1.29 bits per heavy atom. The van der Waals surface area contributed by atoms with Crippen molar-refractivity contribution in [1.82, 2.24) is 0 Å². The van der Waals surface area contributed by atoms with Gasteiger partial charge in [0.05, 0.1) is 11.5 Å². The molecule has 0 aromatic carbocycles. The van der Waals surface area contributed by atoms with E-state index in [0.29, 0.717) is 18.8 Å². The van der Waals surface area contributed by atoms with Crippen LogP contribution in [-0.4, -0.2) is 21.8 Å². The summed E-state index contributed by atoms with van der Waals surface area (Å²) < 4.78 is 0. The summed E-state index contributed by atoms with van der Waals surface area (Å²) in [6, 6.07) is 0. The molecule has 3 atom stereocenters. The summed E-state index contributed by atoms with van der Waals surface area (Å²) in [5.41, 5.74) is -1.03. The van der Waals surface area contributed by atoms with Crippen LogP contribution in [0.3, 0.4) is 0 Å². The molecule has 0 amide bonds. The molecule has 1 rings (SSSR count). The topological polar surface area (TPSA) is 57.5 Å². The zero-order chi connectivity index (χ0) is 13.4. The molecule has 0 spiro atoms. The highest BCUT2D eigenvalue weighted by atomic mass is 16.4. The average Bonchev–Trinajstić information content (AvgIpc) is 1.93. The van der Waals surface area contributed by atoms with Crippen molar-refractivity contribution in [2.75, 3.05) is 0 Å². The molecule has 1 fully saturated rings. The first kappa shape index (κ1) is 14.5. The zero-order valence-corrected chi connectivity index (χ0v) is 11.7. The van der Waals surface area contributed by atoms with Crippen molar-refractivity contribution in [2.45, 2.75) is 59.5 Å². The molecule has 0 aliphatic heterocycles. The SMILES string of the molecule is CC1CC(C)(C)CC(O)(C(C(=O)O)C(C)C)C1. The number of rotatable bonds is 3. The van der Waals surface area contributed by atoms with Gasteiger partial charge in [0.15, 0.2) is 0 Å². The minimum Gasteiger partial charge on any atom is -0.481 e. The van der Waals surface area contributed by atoms with Crippen molar-refractivity contribution < 1.29 is 15.0 Å². The zero-order valence-electron chi connectivity index (χ0n) is 11.7. The van der Waals surface area contributed by atoms with Crippen molar-refractivity contribution in [1.29, 1.82) is 0 Å². The summed E-state index contributed by atoms with van der Waals surface area (Å²) in [5.74, 6) is -1.19. The minimum atomic E-state index is -1.05. The van der Waals surface area contributed by atoms with E-state index in [1.54, 1.807) is 0 Å². The predicted octanol–water partition coefficient (Wildman–Crippen LogP) is 2.92. The van der Waals surface area contributed by atoms with Crippen molar-refractivity contribution >= 4 is 5.97 Å². The second kappa shape index (κ2) is 4.60. The van der Waals surface area contributed by atoms with Gasteiger partial charge >= 0.3 is 5.97 Å². The maximum Gasteiger partial charge on any atom is 0.309 e. The van der Waals surface area contributed by atoms with Crippen molar-refractivity contribution in [3.05, 3.63) is 0 Å². The van der Waals surface area contributed by atoms with Gasteiger partial charge in [0.2, 0.25) is 0 Å². The molecule has 1 aliphatic rings. The monoisotopic (exact) mass is 242 g/mol.